The van der Waals surface area contributed by atoms with Crippen LogP contribution in [0.2, 0.25) is 0 Å². The maximum atomic E-state index is 4.60. The molecule has 5 heteroatoms. The molecule has 2 saturated heterocycles. The summed E-state index contributed by atoms with van der Waals surface area (Å²) in [5.74, 6) is 0.891. The maximum absolute atomic E-state index is 4.60. The van der Waals surface area contributed by atoms with Crippen molar-refractivity contribution in [2.24, 2.45) is 0 Å². The minimum atomic E-state index is 0.486. The summed E-state index contributed by atoms with van der Waals surface area (Å²) in [4.78, 5) is 14.2. The maximum Gasteiger partial charge on any atom is 0.225 e. The molecule has 0 bridgehead atoms. The van der Waals surface area contributed by atoms with Gasteiger partial charge < -0.3 is 10.2 Å². The summed E-state index contributed by atoms with van der Waals surface area (Å²) in [6, 6.07) is 1.69. The topological polar surface area (TPSA) is 44.3 Å². The van der Waals surface area contributed by atoms with Crippen molar-refractivity contribution in [3.05, 3.63) is 18.0 Å². The second-order valence-electron chi connectivity index (χ2n) is 6.72. The summed E-state index contributed by atoms with van der Waals surface area (Å²) < 4.78 is 0. The Kier molecular flexibility index (Phi) is 4.40. The Morgan fingerprint density at radius 1 is 1.29 bits per heavy atom. The molecule has 2 atom stereocenters. The molecular weight excluding hydrogens is 262 g/mol. The van der Waals surface area contributed by atoms with E-state index >= 15 is 0 Å². The number of hydrogen-bond acceptors (Lipinski definition) is 5. The largest absolute Gasteiger partial charge is 0.335 e. The van der Waals surface area contributed by atoms with E-state index in [2.05, 4.69) is 45.9 Å². The number of fused-ring (bicyclic) bond motifs is 1. The van der Waals surface area contributed by atoms with E-state index in [1.165, 1.54) is 19.4 Å². The molecule has 3 rings (SSSR count). The molecule has 1 N–H and O–H groups in total. The van der Waals surface area contributed by atoms with Gasteiger partial charge in [0.15, 0.2) is 0 Å². The van der Waals surface area contributed by atoms with E-state index in [1.807, 2.05) is 12.4 Å². The van der Waals surface area contributed by atoms with Gasteiger partial charge in [0.05, 0.1) is 0 Å². The van der Waals surface area contributed by atoms with Gasteiger partial charge in [-0.25, -0.2) is 9.97 Å². The Bertz CT molecular complexity index is 458. The molecule has 0 aromatic carbocycles. The SMILES string of the molecule is CC(C)NCc1cnc(N2CC3CCCN3CC2C)nc1. The molecule has 3 heterocycles. The fourth-order valence-electron chi connectivity index (χ4n) is 3.38. The smallest absolute Gasteiger partial charge is 0.225 e. The Hall–Kier alpha value is -1.20. The van der Waals surface area contributed by atoms with Crippen molar-refractivity contribution in [1.82, 2.24) is 20.2 Å². The first-order chi connectivity index (χ1) is 10.1. The second-order valence-corrected chi connectivity index (χ2v) is 6.72. The van der Waals surface area contributed by atoms with Crippen LogP contribution in [0.3, 0.4) is 0 Å². The number of rotatable bonds is 4. The van der Waals surface area contributed by atoms with E-state index in [-0.39, 0.29) is 0 Å². The van der Waals surface area contributed by atoms with Gasteiger partial charge in [-0.2, -0.15) is 0 Å². The highest BCUT2D eigenvalue weighted by atomic mass is 15.4. The highest BCUT2D eigenvalue weighted by Crippen LogP contribution is 2.26. The molecule has 0 aliphatic carbocycles. The summed E-state index contributed by atoms with van der Waals surface area (Å²) in [5.41, 5.74) is 1.15. The third kappa shape index (κ3) is 3.35. The van der Waals surface area contributed by atoms with Crippen molar-refractivity contribution < 1.29 is 0 Å². The van der Waals surface area contributed by atoms with Crippen molar-refractivity contribution in [2.45, 2.75) is 58.3 Å². The van der Waals surface area contributed by atoms with Crippen LogP contribution < -0.4 is 10.2 Å². The second kappa shape index (κ2) is 6.28. The molecular formula is C16H27N5. The average Bonchev–Trinajstić information content (AvgIpc) is 2.92. The van der Waals surface area contributed by atoms with Crippen LogP contribution in [-0.4, -0.2) is 52.6 Å². The number of aromatic nitrogens is 2. The van der Waals surface area contributed by atoms with Crippen molar-refractivity contribution in [3.63, 3.8) is 0 Å². The van der Waals surface area contributed by atoms with E-state index in [9.17, 15) is 0 Å². The Morgan fingerprint density at radius 3 is 2.76 bits per heavy atom. The molecule has 116 valence electrons. The average molecular weight is 289 g/mol. The predicted octanol–water partition coefficient (Wildman–Crippen LogP) is 1.65. The Morgan fingerprint density at radius 2 is 2.05 bits per heavy atom. The summed E-state index contributed by atoms with van der Waals surface area (Å²) in [7, 11) is 0. The fraction of sp³-hybridized carbons (Fsp3) is 0.750. The van der Waals surface area contributed by atoms with Gasteiger partial charge in [-0.3, -0.25) is 4.90 Å². The molecule has 1 aromatic rings. The number of nitrogens with one attached hydrogen (secondary N) is 1. The van der Waals surface area contributed by atoms with Gasteiger partial charge >= 0.3 is 0 Å². The quantitative estimate of drug-likeness (QED) is 0.913. The van der Waals surface area contributed by atoms with Crippen LogP contribution in [-0.2, 0) is 6.54 Å². The minimum Gasteiger partial charge on any atom is -0.335 e. The van der Waals surface area contributed by atoms with Gasteiger partial charge in [0, 0.05) is 55.7 Å². The first-order valence-corrected chi connectivity index (χ1v) is 8.18. The number of anilines is 1. The molecule has 0 spiro atoms. The highest BCUT2D eigenvalue weighted by Gasteiger charge is 2.35. The lowest BCUT2D eigenvalue weighted by atomic mass is 10.1. The lowest BCUT2D eigenvalue weighted by Gasteiger charge is -2.42. The molecule has 2 aliphatic heterocycles. The van der Waals surface area contributed by atoms with Crippen molar-refractivity contribution in [2.75, 3.05) is 24.5 Å². The summed E-state index contributed by atoms with van der Waals surface area (Å²) in [5, 5.41) is 3.40. The molecule has 2 unspecified atom stereocenters. The molecule has 1 aromatic heterocycles. The van der Waals surface area contributed by atoms with Gasteiger partial charge in [0.2, 0.25) is 5.95 Å². The summed E-state index contributed by atoms with van der Waals surface area (Å²) >= 11 is 0. The van der Waals surface area contributed by atoms with Gasteiger partial charge in [-0.1, -0.05) is 13.8 Å². The van der Waals surface area contributed by atoms with Crippen molar-refractivity contribution in [3.8, 4) is 0 Å². The van der Waals surface area contributed by atoms with Crippen molar-refractivity contribution in [1.29, 1.82) is 0 Å². The van der Waals surface area contributed by atoms with Gasteiger partial charge in [-0.05, 0) is 26.3 Å². The molecule has 0 saturated carbocycles. The molecule has 0 amide bonds. The molecule has 2 fully saturated rings. The van der Waals surface area contributed by atoms with E-state index in [4.69, 9.17) is 0 Å². The van der Waals surface area contributed by atoms with Gasteiger partial charge in [0.1, 0.15) is 0 Å². The third-order valence-electron chi connectivity index (χ3n) is 4.60. The lowest BCUT2D eigenvalue weighted by molar-refractivity contribution is 0.201. The Labute approximate surface area is 127 Å². The molecule has 2 aliphatic rings. The number of hydrogen-bond donors (Lipinski definition) is 1. The summed E-state index contributed by atoms with van der Waals surface area (Å²) in [6.07, 6.45) is 6.59. The van der Waals surface area contributed by atoms with Crippen LogP contribution in [0.5, 0.6) is 0 Å². The summed E-state index contributed by atoms with van der Waals surface area (Å²) in [6.45, 7) is 10.9. The zero-order chi connectivity index (χ0) is 14.8. The monoisotopic (exact) mass is 289 g/mol. The zero-order valence-electron chi connectivity index (χ0n) is 13.4. The molecule has 5 nitrogen and oxygen atoms in total. The van der Waals surface area contributed by atoms with E-state index in [1.54, 1.807) is 0 Å². The zero-order valence-corrected chi connectivity index (χ0v) is 13.4. The first-order valence-electron chi connectivity index (χ1n) is 8.18. The van der Waals surface area contributed by atoms with Crippen LogP contribution >= 0.6 is 0 Å². The Balaban J connectivity index is 1.65. The molecule has 21 heavy (non-hydrogen) atoms. The van der Waals surface area contributed by atoms with Crippen LogP contribution in [0.15, 0.2) is 12.4 Å². The normalized spacial score (nSPS) is 26.4. The van der Waals surface area contributed by atoms with Crippen molar-refractivity contribution >= 4 is 5.95 Å². The van der Waals surface area contributed by atoms with Gasteiger partial charge in [0.25, 0.3) is 0 Å². The fourth-order valence-corrected chi connectivity index (χ4v) is 3.38. The van der Waals surface area contributed by atoms with E-state index in [0.717, 1.165) is 31.1 Å². The lowest BCUT2D eigenvalue weighted by Crippen LogP contribution is -2.55. The standard InChI is InChI=1S/C16H27N5/c1-12(2)17-7-14-8-18-16(19-9-14)21-11-15-5-4-6-20(15)10-13(21)3/h8-9,12-13,15,17H,4-7,10-11H2,1-3H3. The van der Waals surface area contributed by atoms with Gasteiger partial charge in [-0.15, -0.1) is 0 Å². The first kappa shape index (κ1) is 14.7. The predicted molar refractivity (Wildman–Crippen MR) is 85.4 cm³/mol. The third-order valence-corrected chi connectivity index (χ3v) is 4.60. The number of piperazine rings is 1. The van der Waals surface area contributed by atoms with E-state index in [0.29, 0.717) is 18.1 Å². The highest BCUT2D eigenvalue weighted by molar-refractivity contribution is 5.33. The van der Waals surface area contributed by atoms with Crippen LogP contribution in [0.25, 0.3) is 0 Å². The van der Waals surface area contributed by atoms with Crippen LogP contribution in [0.4, 0.5) is 5.95 Å². The minimum absolute atomic E-state index is 0.486. The number of nitrogens with zero attached hydrogens (tertiary/aromatic N) is 4. The van der Waals surface area contributed by atoms with Crippen LogP contribution in [0.1, 0.15) is 39.2 Å². The van der Waals surface area contributed by atoms with Crippen LogP contribution in [0, 0.1) is 0 Å². The van der Waals surface area contributed by atoms with E-state index < -0.39 is 0 Å². The molecule has 0 radical (unpaired) electrons.